The maximum Gasteiger partial charge on any atom is 0.279 e. The molecule has 0 saturated carbocycles. The van der Waals surface area contributed by atoms with E-state index in [1.54, 1.807) is 24.3 Å². The average Bonchev–Trinajstić information content (AvgIpc) is 2.79. The molecular weight excluding hydrogens is 451 g/mol. The van der Waals surface area contributed by atoms with Crippen LogP contribution in [0.5, 0.6) is 17.4 Å². The number of hydrogen-bond donors (Lipinski definition) is 2. The van der Waals surface area contributed by atoms with Crippen LogP contribution in [0.1, 0.15) is 10.5 Å². The van der Waals surface area contributed by atoms with Crippen LogP contribution in [0.15, 0.2) is 71.6 Å². The third kappa shape index (κ3) is 4.89. The number of nitrogens with zero attached hydrogens (tertiary/aromatic N) is 2. The largest absolute Gasteiger partial charge is 0.497 e. The van der Waals surface area contributed by atoms with Crippen molar-refractivity contribution in [1.82, 2.24) is 9.97 Å². The summed E-state index contributed by atoms with van der Waals surface area (Å²) in [4.78, 5) is 21.5. The van der Waals surface area contributed by atoms with E-state index in [-0.39, 0.29) is 33.7 Å². The lowest BCUT2D eigenvalue weighted by Gasteiger charge is -2.12. The first-order chi connectivity index (χ1) is 15.7. The Labute approximate surface area is 188 Å². The molecule has 3 aromatic carbocycles. The van der Waals surface area contributed by atoms with Crippen molar-refractivity contribution in [2.75, 3.05) is 12.4 Å². The Balaban J connectivity index is 1.74. The quantitative estimate of drug-likeness (QED) is 0.443. The molecule has 1 aromatic heterocycles. The van der Waals surface area contributed by atoms with E-state index in [1.807, 2.05) is 0 Å². The van der Waals surface area contributed by atoms with Gasteiger partial charge in [0.25, 0.3) is 11.8 Å². The molecule has 11 heteroatoms. The predicted octanol–water partition coefficient (Wildman–Crippen LogP) is 3.47. The van der Waals surface area contributed by atoms with Crippen molar-refractivity contribution in [1.29, 1.82) is 0 Å². The second kappa shape index (κ2) is 8.81. The molecule has 0 saturated heterocycles. The fourth-order valence-corrected chi connectivity index (χ4v) is 3.50. The van der Waals surface area contributed by atoms with E-state index in [1.165, 1.54) is 43.5 Å². The van der Waals surface area contributed by atoms with Gasteiger partial charge in [-0.15, -0.1) is 0 Å². The molecule has 0 spiro atoms. The molecule has 0 aliphatic rings. The summed E-state index contributed by atoms with van der Waals surface area (Å²) in [6.07, 6.45) is 0. The van der Waals surface area contributed by atoms with Crippen LogP contribution in [0.25, 0.3) is 11.0 Å². The average molecular weight is 468 g/mol. The number of benzene rings is 3. The number of amides is 1. The molecule has 1 amide bonds. The van der Waals surface area contributed by atoms with E-state index in [4.69, 9.17) is 14.6 Å². The number of ether oxygens (including phenoxy) is 2. The maximum absolute atomic E-state index is 14.5. The first-order valence-electron chi connectivity index (χ1n) is 9.47. The third-order valence-corrected chi connectivity index (χ3v) is 5.43. The molecular formula is C22H17FN4O5S. The number of methoxy groups -OCH3 is 1. The third-order valence-electron chi connectivity index (χ3n) is 4.52. The fraction of sp³-hybridized carbons (Fsp3) is 0.0455. The molecule has 168 valence electrons. The van der Waals surface area contributed by atoms with Gasteiger partial charge in [0, 0.05) is 11.8 Å². The molecule has 4 aromatic rings. The molecule has 9 nitrogen and oxygen atoms in total. The number of nitrogens with one attached hydrogen (secondary N) is 1. The zero-order valence-electron chi connectivity index (χ0n) is 17.2. The molecule has 4 rings (SSSR count). The minimum Gasteiger partial charge on any atom is -0.497 e. The second-order valence-corrected chi connectivity index (χ2v) is 8.35. The molecule has 0 unspecified atom stereocenters. The molecule has 0 bridgehead atoms. The number of para-hydroxylation sites is 2. The maximum atomic E-state index is 14.5. The predicted molar refractivity (Wildman–Crippen MR) is 118 cm³/mol. The van der Waals surface area contributed by atoms with Crippen LogP contribution < -0.4 is 19.9 Å². The number of nitrogens with two attached hydrogens (primary N) is 1. The van der Waals surface area contributed by atoms with Crippen molar-refractivity contribution < 1.29 is 27.1 Å². The van der Waals surface area contributed by atoms with Gasteiger partial charge in [-0.25, -0.2) is 27.9 Å². The van der Waals surface area contributed by atoms with Gasteiger partial charge in [-0.1, -0.05) is 18.2 Å². The van der Waals surface area contributed by atoms with Crippen LogP contribution >= 0.6 is 0 Å². The van der Waals surface area contributed by atoms with Gasteiger partial charge < -0.3 is 14.8 Å². The number of rotatable bonds is 6. The number of aromatic nitrogens is 2. The number of halogens is 1. The highest BCUT2D eigenvalue weighted by Crippen LogP contribution is 2.29. The highest BCUT2D eigenvalue weighted by atomic mass is 32.2. The van der Waals surface area contributed by atoms with E-state index in [2.05, 4.69) is 15.3 Å². The summed E-state index contributed by atoms with van der Waals surface area (Å²) >= 11 is 0. The fourth-order valence-electron chi connectivity index (χ4n) is 2.94. The van der Waals surface area contributed by atoms with E-state index in [0.29, 0.717) is 11.0 Å². The van der Waals surface area contributed by atoms with Gasteiger partial charge in [0.05, 0.1) is 23.0 Å². The van der Waals surface area contributed by atoms with Gasteiger partial charge in [0.15, 0.2) is 17.3 Å². The van der Waals surface area contributed by atoms with E-state index in [9.17, 15) is 17.6 Å². The molecule has 0 aliphatic carbocycles. The Morgan fingerprint density at radius 2 is 1.73 bits per heavy atom. The Kier molecular flexibility index (Phi) is 5.90. The van der Waals surface area contributed by atoms with E-state index < -0.39 is 21.7 Å². The number of carbonyl (C=O) groups is 1. The van der Waals surface area contributed by atoms with E-state index in [0.717, 1.165) is 6.07 Å². The Morgan fingerprint density at radius 1 is 1.00 bits per heavy atom. The van der Waals surface area contributed by atoms with Crippen LogP contribution in [0, 0.1) is 5.82 Å². The topological polar surface area (TPSA) is 134 Å². The lowest BCUT2D eigenvalue weighted by Crippen LogP contribution is -2.17. The van der Waals surface area contributed by atoms with Gasteiger partial charge in [-0.05, 0) is 42.5 Å². The van der Waals surface area contributed by atoms with Gasteiger partial charge >= 0.3 is 0 Å². The second-order valence-electron chi connectivity index (χ2n) is 6.79. The van der Waals surface area contributed by atoms with Crippen molar-refractivity contribution in [2.45, 2.75) is 4.90 Å². The zero-order chi connectivity index (χ0) is 23.6. The Bertz CT molecular complexity index is 1480. The van der Waals surface area contributed by atoms with Crippen molar-refractivity contribution in [3.8, 4) is 17.4 Å². The van der Waals surface area contributed by atoms with Gasteiger partial charge in [-0.3, -0.25) is 4.79 Å². The molecule has 0 fully saturated rings. The van der Waals surface area contributed by atoms with E-state index >= 15 is 0 Å². The van der Waals surface area contributed by atoms with Crippen LogP contribution in [0.3, 0.4) is 0 Å². The van der Waals surface area contributed by atoms with Crippen molar-refractivity contribution >= 4 is 32.7 Å². The van der Waals surface area contributed by atoms with Gasteiger partial charge in [0.1, 0.15) is 5.75 Å². The first kappa shape index (κ1) is 22.1. The van der Waals surface area contributed by atoms with Crippen molar-refractivity contribution in [3.63, 3.8) is 0 Å². The van der Waals surface area contributed by atoms with Crippen LogP contribution in [0.4, 0.5) is 10.1 Å². The summed E-state index contributed by atoms with van der Waals surface area (Å²) in [5.74, 6) is -1.61. The lowest BCUT2D eigenvalue weighted by molar-refractivity contribution is 0.101. The summed E-state index contributed by atoms with van der Waals surface area (Å²) in [5, 5.41) is 7.69. The van der Waals surface area contributed by atoms with Crippen molar-refractivity contribution in [2.24, 2.45) is 5.14 Å². The van der Waals surface area contributed by atoms with Gasteiger partial charge in [0.2, 0.25) is 10.0 Å². The standard InChI is InChI=1S/C22H17FN4O5S/c1-31-14-9-10-19(16(23)12-14)32-22-20(26-17-7-2-3-8-18(17)27-22)21(28)25-13-5-4-6-15(11-13)33(24,29)30/h2-12H,1H3,(H,25,28)(H2,24,29,30). The summed E-state index contributed by atoms with van der Waals surface area (Å²) in [6, 6.07) is 16.1. The molecule has 0 aliphatic heterocycles. The normalized spacial score (nSPS) is 11.2. The minimum absolute atomic E-state index is 0.156. The molecule has 0 atom stereocenters. The monoisotopic (exact) mass is 468 g/mol. The zero-order valence-corrected chi connectivity index (χ0v) is 18.0. The minimum atomic E-state index is -3.97. The van der Waals surface area contributed by atoms with Crippen molar-refractivity contribution in [3.05, 3.63) is 78.2 Å². The summed E-state index contributed by atoms with van der Waals surface area (Å²) in [6.45, 7) is 0. The van der Waals surface area contributed by atoms with Crippen LogP contribution in [-0.2, 0) is 10.0 Å². The number of anilines is 1. The number of sulfonamides is 1. The van der Waals surface area contributed by atoms with Crippen LogP contribution in [0.2, 0.25) is 0 Å². The molecule has 3 N–H and O–H groups in total. The Morgan fingerprint density at radius 3 is 2.39 bits per heavy atom. The summed E-state index contributed by atoms with van der Waals surface area (Å²) in [5.41, 5.74) is 0.755. The number of fused-ring (bicyclic) bond motifs is 1. The molecule has 33 heavy (non-hydrogen) atoms. The van der Waals surface area contributed by atoms with Gasteiger partial charge in [-0.2, -0.15) is 0 Å². The smallest absolute Gasteiger partial charge is 0.279 e. The first-order valence-corrected chi connectivity index (χ1v) is 11.0. The molecule has 0 radical (unpaired) electrons. The van der Waals surface area contributed by atoms with Crippen LogP contribution in [-0.4, -0.2) is 31.4 Å². The Hall–Kier alpha value is -4.09. The number of hydrogen-bond acceptors (Lipinski definition) is 7. The SMILES string of the molecule is COc1ccc(Oc2nc3ccccc3nc2C(=O)Nc2cccc(S(N)(=O)=O)c2)c(F)c1. The summed E-state index contributed by atoms with van der Waals surface area (Å²) < 4.78 is 48.2. The highest BCUT2D eigenvalue weighted by Gasteiger charge is 2.21. The highest BCUT2D eigenvalue weighted by molar-refractivity contribution is 7.89. The summed E-state index contributed by atoms with van der Waals surface area (Å²) in [7, 11) is -2.57. The molecule has 1 heterocycles. The number of carbonyl (C=O) groups excluding carboxylic acids is 1. The number of primary sulfonamides is 1. The lowest BCUT2D eigenvalue weighted by atomic mass is 10.2.